The minimum Gasteiger partial charge on any atom is -0.465 e. The van der Waals surface area contributed by atoms with Gasteiger partial charge in [0.25, 0.3) is 0 Å². The van der Waals surface area contributed by atoms with Crippen molar-refractivity contribution in [1.29, 1.82) is 0 Å². The topological polar surface area (TPSA) is 56.2 Å². The van der Waals surface area contributed by atoms with Gasteiger partial charge in [-0.3, -0.25) is 0 Å². The Labute approximate surface area is 140 Å². The number of aryl methyl sites for hydroxylation is 1. The Hall–Kier alpha value is -1.34. The van der Waals surface area contributed by atoms with E-state index < -0.39 is 5.97 Å². The molecule has 1 aromatic carbocycles. The van der Waals surface area contributed by atoms with Gasteiger partial charge in [-0.25, -0.2) is 9.78 Å². The van der Waals surface area contributed by atoms with Crippen LogP contribution in [0, 0.1) is 0 Å². The molecule has 0 saturated carbocycles. The molecule has 1 aromatic heterocycles. The number of anilines is 1. The van der Waals surface area contributed by atoms with E-state index in [-0.39, 0.29) is 0 Å². The monoisotopic (exact) mass is 415 g/mol. The van der Waals surface area contributed by atoms with E-state index in [0.29, 0.717) is 17.8 Å². The van der Waals surface area contributed by atoms with Gasteiger partial charge < -0.3 is 14.6 Å². The minimum absolute atomic E-state index is 0.390. The molecular formula is C14H15Br2N3O2. The molecule has 1 heterocycles. The highest BCUT2D eigenvalue weighted by molar-refractivity contribution is 9.11. The van der Waals surface area contributed by atoms with E-state index in [1.165, 1.54) is 7.11 Å². The predicted octanol–water partition coefficient (Wildman–Crippen LogP) is 3.83. The summed E-state index contributed by atoms with van der Waals surface area (Å²) in [5, 5.41) is 3.25. The number of methoxy groups -OCH3 is 1. The number of carbonyl (C=O) groups excluding carboxylic acids is 1. The van der Waals surface area contributed by atoms with Crippen molar-refractivity contribution in [3.8, 4) is 0 Å². The van der Waals surface area contributed by atoms with Crippen molar-refractivity contribution in [2.24, 2.45) is 0 Å². The zero-order chi connectivity index (χ0) is 15.4. The summed E-state index contributed by atoms with van der Waals surface area (Å²) in [6, 6.07) is 3.60. The fourth-order valence-corrected chi connectivity index (χ4v) is 3.35. The predicted molar refractivity (Wildman–Crippen MR) is 88.4 cm³/mol. The average molecular weight is 417 g/mol. The number of ether oxygens (including phenoxy) is 1. The first-order chi connectivity index (χ1) is 10.1. The number of hydrogen-bond donors (Lipinski definition) is 1. The summed E-state index contributed by atoms with van der Waals surface area (Å²) >= 11 is 6.84. The highest BCUT2D eigenvalue weighted by atomic mass is 79.9. The molecule has 0 amide bonds. The van der Waals surface area contributed by atoms with Crippen LogP contribution in [0.25, 0.3) is 0 Å². The third kappa shape index (κ3) is 3.65. The second-order valence-electron chi connectivity index (χ2n) is 4.28. The van der Waals surface area contributed by atoms with Crippen LogP contribution in [0.2, 0.25) is 0 Å². The normalized spacial score (nSPS) is 10.5. The maximum Gasteiger partial charge on any atom is 0.340 e. The number of rotatable bonds is 5. The van der Waals surface area contributed by atoms with Gasteiger partial charge >= 0.3 is 5.97 Å². The molecule has 0 atom stereocenters. The van der Waals surface area contributed by atoms with Gasteiger partial charge in [0.1, 0.15) is 5.82 Å². The molecule has 21 heavy (non-hydrogen) atoms. The number of aromatic nitrogens is 2. The van der Waals surface area contributed by atoms with E-state index in [9.17, 15) is 4.79 Å². The van der Waals surface area contributed by atoms with Crippen LogP contribution in [0.4, 0.5) is 5.69 Å². The Balaban J connectivity index is 2.29. The average Bonchev–Trinajstić information content (AvgIpc) is 2.92. The van der Waals surface area contributed by atoms with Gasteiger partial charge in [-0.15, -0.1) is 0 Å². The zero-order valence-corrected chi connectivity index (χ0v) is 14.9. The molecule has 2 aromatic rings. The van der Waals surface area contributed by atoms with Gasteiger partial charge in [0.05, 0.1) is 24.9 Å². The lowest BCUT2D eigenvalue weighted by Gasteiger charge is -2.14. The van der Waals surface area contributed by atoms with Crippen LogP contribution in [-0.4, -0.2) is 22.6 Å². The third-order valence-electron chi connectivity index (χ3n) is 3.03. The van der Waals surface area contributed by atoms with Crippen molar-refractivity contribution < 1.29 is 9.53 Å². The molecule has 0 aliphatic heterocycles. The minimum atomic E-state index is -0.390. The molecule has 7 heteroatoms. The second kappa shape index (κ2) is 7.09. The molecule has 1 N–H and O–H groups in total. The number of halogens is 2. The molecular weight excluding hydrogens is 402 g/mol. The van der Waals surface area contributed by atoms with Gasteiger partial charge in [-0.2, -0.15) is 0 Å². The van der Waals surface area contributed by atoms with Crippen molar-refractivity contribution in [2.75, 3.05) is 12.4 Å². The number of nitrogens with one attached hydrogen (secondary N) is 1. The molecule has 0 saturated heterocycles. The first-order valence-corrected chi connectivity index (χ1v) is 7.96. The summed E-state index contributed by atoms with van der Waals surface area (Å²) in [6.07, 6.45) is 3.69. The van der Waals surface area contributed by atoms with E-state index >= 15 is 0 Å². The highest BCUT2D eigenvalue weighted by Gasteiger charge is 2.16. The van der Waals surface area contributed by atoms with Crippen molar-refractivity contribution in [1.82, 2.24) is 9.55 Å². The quantitative estimate of drug-likeness (QED) is 0.752. The molecule has 112 valence electrons. The lowest BCUT2D eigenvalue weighted by molar-refractivity contribution is 0.0601. The summed E-state index contributed by atoms with van der Waals surface area (Å²) in [4.78, 5) is 16.2. The van der Waals surface area contributed by atoms with Crippen molar-refractivity contribution in [3.05, 3.63) is 44.9 Å². The molecule has 0 bridgehead atoms. The second-order valence-corrected chi connectivity index (χ2v) is 6.05. The van der Waals surface area contributed by atoms with E-state index in [1.54, 1.807) is 12.3 Å². The van der Waals surface area contributed by atoms with Gasteiger partial charge in [0, 0.05) is 27.9 Å². The fourth-order valence-electron chi connectivity index (χ4n) is 1.99. The Morgan fingerprint density at radius 1 is 1.43 bits per heavy atom. The molecule has 0 radical (unpaired) electrons. The first kappa shape index (κ1) is 16.0. The van der Waals surface area contributed by atoms with E-state index in [4.69, 9.17) is 4.74 Å². The Kier molecular flexibility index (Phi) is 5.41. The summed E-state index contributed by atoms with van der Waals surface area (Å²) in [5.41, 5.74) is 1.16. The smallest absolute Gasteiger partial charge is 0.340 e. The number of benzene rings is 1. The van der Waals surface area contributed by atoms with Crippen LogP contribution in [0.15, 0.2) is 33.5 Å². The van der Waals surface area contributed by atoms with Crippen LogP contribution in [0.5, 0.6) is 0 Å². The molecule has 5 nitrogen and oxygen atoms in total. The van der Waals surface area contributed by atoms with Gasteiger partial charge in [-0.1, -0.05) is 15.9 Å². The van der Waals surface area contributed by atoms with E-state index in [1.807, 2.05) is 16.8 Å². The largest absolute Gasteiger partial charge is 0.465 e. The van der Waals surface area contributed by atoms with Gasteiger partial charge in [0.2, 0.25) is 0 Å². The van der Waals surface area contributed by atoms with Crippen molar-refractivity contribution in [3.63, 3.8) is 0 Å². The number of esters is 1. The van der Waals surface area contributed by atoms with Gasteiger partial charge in [0.15, 0.2) is 0 Å². The third-order valence-corrected chi connectivity index (χ3v) is 4.11. The lowest BCUT2D eigenvalue weighted by atomic mass is 10.2. The van der Waals surface area contributed by atoms with Crippen molar-refractivity contribution >= 4 is 43.5 Å². The first-order valence-electron chi connectivity index (χ1n) is 6.38. The van der Waals surface area contributed by atoms with E-state index in [0.717, 1.165) is 21.3 Å². The Morgan fingerprint density at radius 3 is 2.86 bits per heavy atom. The number of imidazole rings is 1. The van der Waals surface area contributed by atoms with Crippen LogP contribution in [-0.2, 0) is 17.8 Å². The van der Waals surface area contributed by atoms with Crippen LogP contribution < -0.4 is 5.32 Å². The number of nitrogens with zero attached hydrogens (tertiary/aromatic N) is 2. The summed E-state index contributed by atoms with van der Waals surface area (Å²) in [7, 11) is 1.37. The molecule has 0 fully saturated rings. The fraction of sp³-hybridized carbons (Fsp3) is 0.286. The van der Waals surface area contributed by atoms with Gasteiger partial charge in [-0.05, 0) is 35.0 Å². The summed E-state index contributed by atoms with van der Waals surface area (Å²) < 4.78 is 8.45. The highest BCUT2D eigenvalue weighted by Crippen LogP contribution is 2.31. The maximum absolute atomic E-state index is 11.9. The lowest BCUT2D eigenvalue weighted by Crippen LogP contribution is -2.12. The number of carbonyl (C=O) groups is 1. The number of hydrogen-bond acceptors (Lipinski definition) is 4. The molecule has 0 aliphatic rings. The van der Waals surface area contributed by atoms with Crippen molar-refractivity contribution in [2.45, 2.75) is 20.0 Å². The standard InChI is InChI=1S/C14H15Br2N3O2/c1-3-19-5-4-17-12(19)8-18-13-10(14(20)21-2)6-9(15)7-11(13)16/h4-7,18H,3,8H2,1-2H3. The molecule has 0 spiro atoms. The molecule has 0 unspecified atom stereocenters. The van der Waals surface area contributed by atoms with Crippen LogP contribution in [0.3, 0.4) is 0 Å². The molecule has 2 rings (SSSR count). The zero-order valence-electron chi connectivity index (χ0n) is 11.7. The van der Waals surface area contributed by atoms with Crippen LogP contribution >= 0.6 is 31.9 Å². The van der Waals surface area contributed by atoms with E-state index in [2.05, 4.69) is 49.1 Å². The summed E-state index contributed by atoms with van der Waals surface area (Å²) in [6.45, 7) is 3.42. The Morgan fingerprint density at radius 2 is 2.19 bits per heavy atom. The summed E-state index contributed by atoms with van der Waals surface area (Å²) in [5.74, 6) is 0.515. The Bertz CT molecular complexity index is 656. The van der Waals surface area contributed by atoms with Crippen LogP contribution in [0.1, 0.15) is 23.1 Å². The SMILES string of the molecule is CCn1ccnc1CNc1c(Br)cc(Br)cc1C(=O)OC. The molecule has 0 aliphatic carbocycles. The maximum atomic E-state index is 11.9.